The maximum Gasteiger partial charge on any atom is 0.126 e. The van der Waals surface area contributed by atoms with Crippen LogP contribution in [0.25, 0.3) is 0 Å². The van der Waals surface area contributed by atoms with Gasteiger partial charge in [-0.25, -0.2) is 4.39 Å². The minimum absolute atomic E-state index is 0.0625. The lowest BCUT2D eigenvalue weighted by Crippen LogP contribution is -2.30. The molecule has 0 spiro atoms. The minimum atomic E-state index is -0.135. The summed E-state index contributed by atoms with van der Waals surface area (Å²) in [6.45, 7) is 3.45. The quantitative estimate of drug-likeness (QED) is 0.901. The van der Waals surface area contributed by atoms with Crippen molar-refractivity contribution in [2.75, 3.05) is 33.9 Å². The molecule has 3 nitrogen and oxygen atoms in total. The highest BCUT2D eigenvalue weighted by atomic mass is 19.1. The number of likely N-dealkylation sites (tertiary alicyclic amines) is 1. The van der Waals surface area contributed by atoms with Crippen molar-refractivity contribution in [3.05, 3.63) is 35.6 Å². The standard InChI is InChI=1S/C14H21FN2.C2H6O/c15-14-6-2-1-5-12(14)11-13(16)7-10-17-8-3-4-9-17;1-3-2/h1-2,5-6,13H,3-4,7-11,16H2;1-2H3. The third-order valence-electron chi connectivity index (χ3n) is 3.45. The number of hydrogen-bond donors (Lipinski definition) is 1. The summed E-state index contributed by atoms with van der Waals surface area (Å²) in [6.07, 6.45) is 4.21. The van der Waals surface area contributed by atoms with E-state index in [1.165, 1.54) is 32.0 Å². The van der Waals surface area contributed by atoms with Gasteiger partial charge in [-0.15, -0.1) is 0 Å². The number of ether oxygens (including phenoxy) is 1. The van der Waals surface area contributed by atoms with Crippen LogP contribution < -0.4 is 5.73 Å². The first-order chi connectivity index (χ1) is 9.67. The molecule has 1 aromatic carbocycles. The molecule has 1 heterocycles. The van der Waals surface area contributed by atoms with Gasteiger partial charge in [0.05, 0.1) is 0 Å². The SMILES string of the molecule is COC.NC(CCN1CCCC1)Cc1ccccc1F. The Morgan fingerprint density at radius 3 is 2.45 bits per heavy atom. The van der Waals surface area contributed by atoms with E-state index in [1.807, 2.05) is 12.1 Å². The van der Waals surface area contributed by atoms with Crippen molar-refractivity contribution in [2.24, 2.45) is 5.73 Å². The Hall–Kier alpha value is -0.970. The molecule has 2 N–H and O–H groups in total. The molecule has 0 amide bonds. The Kier molecular flexibility index (Phi) is 8.42. The number of halogens is 1. The fourth-order valence-electron chi connectivity index (χ4n) is 2.40. The zero-order valence-corrected chi connectivity index (χ0v) is 12.6. The van der Waals surface area contributed by atoms with Crippen LogP contribution in [-0.2, 0) is 11.2 Å². The van der Waals surface area contributed by atoms with E-state index in [4.69, 9.17) is 5.73 Å². The van der Waals surface area contributed by atoms with Crippen molar-refractivity contribution in [1.82, 2.24) is 4.90 Å². The zero-order chi connectivity index (χ0) is 14.8. The van der Waals surface area contributed by atoms with Gasteiger partial charge in [-0.2, -0.15) is 0 Å². The fraction of sp³-hybridized carbons (Fsp3) is 0.625. The molecule has 0 aromatic heterocycles. The van der Waals surface area contributed by atoms with Gasteiger partial charge in [0.2, 0.25) is 0 Å². The predicted molar refractivity (Wildman–Crippen MR) is 81.3 cm³/mol. The van der Waals surface area contributed by atoms with Crippen molar-refractivity contribution < 1.29 is 9.13 Å². The number of methoxy groups -OCH3 is 1. The van der Waals surface area contributed by atoms with Crippen molar-refractivity contribution >= 4 is 0 Å². The highest BCUT2D eigenvalue weighted by Crippen LogP contribution is 2.12. The Bertz CT molecular complexity index is 367. The number of nitrogens with zero attached hydrogens (tertiary/aromatic N) is 1. The Labute approximate surface area is 121 Å². The molecule has 1 atom stereocenters. The smallest absolute Gasteiger partial charge is 0.126 e. The molecular formula is C16H27FN2O. The van der Waals surface area contributed by atoms with Gasteiger partial charge in [-0.1, -0.05) is 18.2 Å². The molecule has 20 heavy (non-hydrogen) atoms. The molecule has 0 aliphatic carbocycles. The zero-order valence-electron chi connectivity index (χ0n) is 12.6. The molecule has 2 rings (SSSR count). The largest absolute Gasteiger partial charge is 0.388 e. The van der Waals surface area contributed by atoms with Crippen LogP contribution in [0.4, 0.5) is 4.39 Å². The molecule has 0 saturated carbocycles. The molecule has 0 radical (unpaired) electrons. The molecule has 1 aromatic rings. The molecule has 1 saturated heterocycles. The summed E-state index contributed by atoms with van der Waals surface area (Å²) in [5, 5.41) is 0. The summed E-state index contributed by atoms with van der Waals surface area (Å²) in [5.41, 5.74) is 6.80. The van der Waals surface area contributed by atoms with Crippen LogP contribution in [0.1, 0.15) is 24.8 Å². The van der Waals surface area contributed by atoms with Gasteiger partial charge in [-0.05, 0) is 56.9 Å². The lowest BCUT2D eigenvalue weighted by Gasteiger charge is -2.18. The number of hydrogen-bond acceptors (Lipinski definition) is 3. The molecule has 1 aliphatic heterocycles. The minimum Gasteiger partial charge on any atom is -0.388 e. The summed E-state index contributed by atoms with van der Waals surface area (Å²) in [6, 6.07) is 6.97. The van der Waals surface area contributed by atoms with Crippen LogP contribution in [0.2, 0.25) is 0 Å². The Balaban J connectivity index is 0.000000612. The van der Waals surface area contributed by atoms with E-state index in [-0.39, 0.29) is 11.9 Å². The van der Waals surface area contributed by atoms with Gasteiger partial charge >= 0.3 is 0 Å². The van der Waals surface area contributed by atoms with Crippen molar-refractivity contribution in [1.29, 1.82) is 0 Å². The van der Waals surface area contributed by atoms with Gasteiger partial charge in [0.15, 0.2) is 0 Å². The summed E-state index contributed by atoms with van der Waals surface area (Å²) < 4.78 is 17.7. The van der Waals surface area contributed by atoms with E-state index >= 15 is 0 Å². The second kappa shape index (κ2) is 9.86. The molecular weight excluding hydrogens is 255 g/mol. The maximum atomic E-state index is 13.4. The predicted octanol–water partition coefficient (Wildman–Crippen LogP) is 2.44. The molecule has 4 heteroatoms. The Morgan fingerprint density at radius 2 is 1.85 bits per heavy atom. The van der Waals surface area contributed by atoms with E-state index in [9.17, 15) is 4.39 Å². The summed E-state index contributed by atoms with van der Waals surface area (Å²) in [4.78, 5) is 2.45. The van der Waals surface area contributed by atoms with Crippen molar-refractivity contribution in [2.45, 2.75) is 31.7 Å². The number of nitrogens with two attached hydrogens (primary N) is 1. The molecule has 1 fully saturated rings. The first-order valence-corrected chi connectivity index (χ1v) is 7.28. The number of rotatable bonds is 5. The molecule has 1 unspecified atom stereocenters. The van der Waals surface area contributed by atoms with Crippen LogP contribution in [0.15, 0.2) is 24.3 Å². The highest BCUT2D eigenvalue weighted by Gasteiger charge is 2.13. The number of benzene rings is 1. The van der Waals surface area contributed by atoms with Crippen molar-refractivity contribution in [3.63, 3.8) is 0 Å². The van der Waals surface area contributed by atoms with Gasteiger partial charge in [-0.3, -0.25) is 0 Å². The molecule has 1 aliphatic rings. The lowest BCUT2D eigenvalue weighted by atomic mass is 10.0. The van der Waals surface area contributed by atoms with Gasteiger partial charge < -0.3 is 15.4 Å². The summed E-state index contributed by atoms with van der Waals surface area (Å²) >= 11 is 0. The van der Waals surface area contributed by atoms with E-state index in [1.54, 1.807) is 20.3 Å². The van der Waals surface area contributed by atoms with Gasteiger partial charge in [0, 0.05) is 20.3 Å². The lowest BCUT2D eigenvalue weighted by molar-refractivity contribution is 0.277. The summed E-state index contributed by atoms with van der Waals surface area (Å²) in [7, 11) is 3.25. The van der Waals surface area contributed by atoms with E-state index in [0.717, 1.165) is 18.5 Å². The van der Waals surface area contributed by atoms with Crippen molar-refractivity contribution in [3.8, 4) is 0 Å². The maximum absolute atomic E-state index is 13.4. The van der Waals surface area contributed by atoms with E-state index in [2.05, 4.69) is 9.64 Å². The second-order valence-corrected chi connectivity index (χ2v) is 5.30. The average molecular weight is 282 g/mol. The normalized spacial score (nSPS) is 16.6. The Morgan fingerprint density at radius 1 is 1.25 bits per heavy atom. The second-order valence-electron chi connectivity index (χ2n) is 5.30. The van der Waals surface area contributed by atoms with Crippen LogP contribution in [0.3, 0.4) is 0 Å². The molecule has 0 bridgehead atoms. The monoisotopic (exact) mass is 282 g/mol. The van der Waals surface area contributed by atoms with Crippen LogP contribution >= 0.6 is 0 Å². The summed E-state index contributed by atoms with van der Waals surface area (Å²) in [5.74, 6) is -0.135. The van der Waals surface area contributed by atoms with Gasteiger partial charge in [0.25, 0.3) is 0 Å². The van der Waals surface area contributed by atoms with Crippen LogP contribution in [-0.4, -0.2) is 44.8 Å². The third-order valence-corrected chi connectivity index (χ3v) is 3.45. The first-order valence-electron chi connectivity index (χ1n) is 7.28. The van der Waals surface area contributed by atoms with Crippen LogP contribution in [0, 0.1) is 5.82 Å². The first kappa shape index (κ1) is 17.1. The highest BCUT2D eigenvalue weighted by molar-refractivity contribution is 5.18. The fourth-order valence-corrected chi connectivity index (χ4v) is 2.40. The average Bonchev–Trinajstić information content (AvgIpc) is 2.93. The van der Waals surface area contributed by atoms with Gasteiger partial charge in [0.1, 0.15) is 5.82 Å². The third kappa shape index (κ3) is 6.46. The van der Waals surface area contributed by atoms with Crippen LogP contribution in [0.5, 0.6) is 0 Å². The topological polar surface area (TPSA) is 38.5 Å². The molecule has 114 valence electrons. The van der Waals surface area contributed by atoms with E-state index < -0.39 is 0 Å². The van der Waals surface area contributed by atoms with E-state index in [0.29, 0.717) is 6.42 Å².